The van der Waals surface area contributed by atoms with Crippen molar-refractivity contribution in [2.45, 2.75) is 26.2 Å². The summed E-state index contributed by atoms with van der Waals surface area (Å²) in [6.07, 6.45) is 0. The maximum atomic E-state index is 2.70. The Labute approximate surface area is 394 Å². The van der Waals surface area contributed by atoms with Crippen LogP contribution in [0.1, 0.15) is 26.3 Å². The summed E-state index contributed by atoms with van der Waals surface area (Å²) in [5.41, 5.74) is 16.8. The van der Waals surface area contributed by atoms with Crippen LogP contribution >= 0.6 is 34.0 Å². The van der Waals surface area contributed by atoms with E-state index >= 15 is 0 Å². The van der Waals surface area contributed by atoms with E-state index in [4.69, 9.17) is 0 Å². The second kappa shape index (κ2) is 13.3. The SMILES string of the molecule is CC(C)(C)c1ccc(N2B3c4cc5sc(-c6ccccc6)c(-c6ccccc6)c5cc4-n4c5cc6sc7ccccc7c6cc5c5ccc(c3c54)-c3cc4c(cc32)sc2ccccc24)cc1. The first-order valence-electron chi connectivity index (χ1n) is 22.9. The molecule has 0 saturated heterocycles. The highest BCUT2D eigenvalue weighted by Gasteiger charge is 2.45. The topological polar surface area (TPSA) is 8.17 Å². The fraction of sp³-hybridized carbons (Fsp3) is 0.0667. The number of nitrogens with zero attached hydrogens (tertiary/aromatic N) is 2. The molecule has 2 aliphatic heterocycles. The maximum Gasteiger partial charge on any atom is 0.333 e. The van der Waals surface area contributed by atoms with Gasteiger partial charge in [-0.1, -0.05) is 142 Å². The molecule has 0 atom stereocenters. The van der Waals surface area contributed by atoms with Crippen LogP contribution in [0.2, 0.25) is 0 Å². The van der Waals surface area contributed by atoms with Crippen molar-refractivity contribution >= 4 is 135 Å². The molecule has 310 valence electrons. The van der Waals surface area contributed by atoms with Crippen molar-refractivity contribution in [3.8, 4) is 38.4 Å². The molecule has 0 saturated carbocycles. The molecule has 6 heterocycles. The van der Waals surface area contributed by atoms with Crippen molar-refractivity contribution in [1.82, 2.24) is 4.57 Å². The second-order valence-electron chi connectivity index (χ2n) is 19.2. The van der Waals surface area contributed by atoms with E-state index < -0.39 is 0 Å². The third-order valence-electron chi connectivity index (χ3n) is 14.5. The van der Waals surface area contributed by atoms with E-state index in [2.05, 4.69) is 212 Å². The summed E-state index contributed by atoms with van der Waals surface area (Å²) in [6.45, 7) is 6.86. The molecule has 15 rings (SSSR count). The molecule has 0 fully saturated rings. The van der Waals surface area contributed by atoms with Crippen LogP contribution in [-0.2, 0) is 5.41 Å². The lowest BCUT2D eigenvalue weighted by atomic mass is 9.44. The highest BCUT2D eigenvalue weighted by Crippen LogP contribution is 2.51. The summed E-state index contributed by atoms with van der Waals surface area (Å²) in [7, 11) is 0. The number of aromatic nitrogens is 1. The average molecular weight is 895 g/mol. The Morgan fingerprint density at radius 1 is 0.439 bits per heavy atom. The first kappa shape index (κ1) is 37.3. The predicted molar refractivity (Wildman–Crippen MR) is 291 cm³/mol. The van der Waals surface area contributed by atoms with Crippen LogP contribution in [-0.4, -0.2) is 11.4 Å². The predicted octanol–water partition coefficient (Wildman–Crippen LogP) is 16.6. The molecule has 66 heavy (non-hydrogen) atoms. The van der Waals surface area contributed by atoms with Crippen LogP contribution in [0.15, 0.2) is 182 Å². The minimum Gasteiger partial charge on any atom is -0.376 e. The number of thiophene rings is 3. The third-order valence-corrected chi connectivity index (χ3v) is 18.0. The number of hydrogen-bond donors (Lipinski definition) is 0. The van der Waals surface area contributed by atoms with Gasteiger partial charge in [-0.3, -0.25) is 0 Å². The molecule has 13 aromatic rings. The normalized spacial score (nSPS) is 13.3. The van der Waals surface area contributed by atoms with Crippen LogP contribution in [0.3, 0.4) is 0 Å². The standard InChI is InChI=1S/C60H39BN2S3/c1-60(2,3)36-22-24-37(25-23-36)63-49-33-55-44(38-18-10-13-21-52(38)65-55)28-42(49)40-26-27-41-43-29-45-39-19-11-12-20-51(39)64-54(45)32-48(43)62-50-30-46-53(31-47(50)61(63)57(40)58(41)62)66-59(35-16-8-5-9-17-35)56(46)34-14-6-4-7-15-34/h4-33H,1-3H3. The van der Waals surface area contributed by atoms with Crippen molar-refractivity contribution in [3.63, 3.8) is 0 Å². The highest BCUT2D eigenvalue weighted by molar-refractivity contribution is 7.26. The highest BCUT2D eigenvalue weighted by atomic mass is 32.1. The molecule has 0 aliphatic carbocycles. The van der Waals surface area contributed by atoms with Gasteiger partial charge in [-0.2, -0.15) is 0 Å². The van der Waals surface area contributed by atoms with Crippen molar-refractivity contribution in [2.24, 2.45) is 0 Å². The van der Waals surface area contributed by atoms with Gasteiger partial charge in [0.25, 0.3) is 0 Å². The first-order chi connectivity index (χ1) is 32.4. The number of benzene rings is 9. The third kappa shape index (κ3) is 5.07. The molecule has 9 aromatic carbocycles. The number of rotatable bonds is 3. The lowest BCUT2D eigenvalue weighted by Crippen LogP contribution is -2.60. The molecule has 0 unspecified atom stereocenters. The first-order valence-corrected chi connectivity index (χ1v) is 25.3. The molecule has 0 radical (unpaired) electrons. The summed E-state index contributed by atoms with van der Waals surface area (Å²) in [4.78, 5) is 4.01. The minimum absolute atomic E-state index is 0.0372. The van der Waals surface area contributed by atoms with Crippen LogP contribution < -0.4 is 15.7 Å². The van der Waals surface area contributed by atoms with Crippen molar-refractivity contribution < 1.29 is 0 Å². The molecule has 0 bridgehead atoms. The Hall–Kier alpha value is -6.96. The smallest absolute Gasteiger partial charge is 0.333 e. The summed E-state index contributed by atoms with van der Waals surface area (Å²) in [6, 6.07) is 69.5. The Bertz CT molecular complexity index is 4200. The van der Waals surface area contributed by atoms with E-state index in [1.807, 2.05) is 34.0 Å². The maximum absolute atomic E-state index is 2.70. The van der Waals surface area contributed by atoms with E-state index in [0.29, 0.717) is 0 Å². The monoisotopic (exact) mass is 894 g/mol. The van der Waals surface area contributed by atoms with Crippen molar-refractivity contribution in [2.75, 3.05) is 4.81 Å². The molecule has 2 nitrogen and oxygen atoms in total. The van der Waals surface area contributed by atoms with E-state index in [9.17, 15) is 0 Å². The number of hydrogen-bond acceptors (Lipinski definition) is 4. The van der Waals surface area contributed by atoms with Crippen molar-refractivity contribution in [3.05, 3.63) is 188 Å². The van der Waals surface area contributed by atoms with Gasteiger partial charge >= 0.3 is 6.85 Å². The Morgan fingerprint density at radius 3 is 1.79 bits per heavy atom. The van der Waals surface area contributed by atoms with Crippen LogP contribution in [0.5, 0.6) is 0 Å². The molecule has 0 amide bonds. The van der Waals surface area contributed by atoms with Gasteiger partial charge in [0.15, 0.2) is 0 Å². The zero-order chi connectivity index (χ0) is 43.6. The van der Waals surface area contributed by atoms with Gasteiger partial charge in [0.1, 0.15) is 0 Å². The number of fused-ring (bicyclic) bond motifs is 15. The Balaban J connectivity index is 1.12. The van der Waals surface area contributed by atoms with E-state index in [1.54, 1.807) is 0 Å². The lowest BCUT2D eigenvalue weighted by Gasteiger charge is -2.42. The zero-order valence-electron chi connectivity index (χ0n) is 36.5. The van der Waals surface area contributed by atoms with Gasteiger partial charge in [-0.15, -0.1) is 34.0 Å². The van der Waals surface area contributed by atoms with Crippen LogP contribution in [0, 0.1) is 0 Å². The van der Waals surface area contributed by atoms with Crippen LogP contribution in [0.4, 0.5) is 11.4 Å². The largest absolute Gasteiger partial charge is 0.376 e. The van der Waals surface area contributed by atoms with Gasteiger partial charge in [-0.25, -0.2) is 0 Å². The molecule has 4 aromatic heterocycles. The molecule has 6 heteroatoms. The Morgan fingerprint density at radius 2 is 1.08 bits per heavy atom. The van der Waals surface area contributed by atoms with Gasteiger partial charge in [0.2, 0.25) is 0 Å². The van der Waals surface area contributed by atoms with Crippen molar-refractivity contribution in [1.29, 1.82) is 0 Å². The van der Waals surface area contributed by atoms with E-state index in [0.717, 1.165) is 0 Å². The molecule has 0 N–H and O–H groups in total. The number of anilines is 2. The van der Waals surface area contributed by atoms with Gasteiger partial charge < -0.3 is 9.38 Å². The lowest BCUT2D eigenvalue weighted by molar-refractivity contribution is 0.590. The van der Waals surface area contributed by atoms with Crippen LogP contribution in [0.25, 0.3) is 111 Å². The molecule has 2 aliphatic rings. The van der Waals surface area contributed by atoms with E-state index in [1.165, 1.54) is 138 Å². The second-order valence-corrected chi connectivity index (χ2v) is 22.4. The van der Waals surface area contributed by atoms with Gasteiger partial charge in [-0.05, 0) is 99.3 Å². The van der Waals surface area contributed by atoms with E-state index in [-0.39, 0.29) is 12.3 Å². The summed E-state index contributed by atoms with van der Waals surface area (Å²) in [5, 5.41) is 9.23. The van der Waals surface area contributed by atoms with Gasteiger partial charge in [0.05, 0.1) is 11.0 Å². The molecular weight excluding hydrogens is 856 g/mol. The summed E-state index contributed by atoms with van der Waals surface area (Å²) < 4.78 is 9.28. The average Bonchev–Trinajstić information content (AvgIpc) is 4.10. The van der Waals surface area contributed by atoms with Gasteiger partial charge in [0, 0.05) is 94.3 Å². The fourth-order valence-electron chi connectivity index (χ4n) is 11.5. The Kier molecular flexibility index (Phi) is 7.53. The zero-order valence-corrected chi connectivity index (χ0v) is 39.0. The quantitative estimate of drug-likeness (QED) is 0.160. The molecule has 0 spiro atoms. The summed E-state index contributed by atoms with van der Waals surface area (Å²) >= 11 is 5.74. The molecular formula is C60H39BN2S3. The minimum atomic E-state index is -0.0795. The fourth-order valence-corrected chi connectivity index (χ4v) is 15.0. The summed E-state index contributed by atoms with van der Waals surface area (Å²) in [5.74, 6) is 0.